The Morgan fingerprint density at radius 2 is 1.33 bits per heavy atom. The second-order valence-electron chi connectivity index (χ2n) is 7.70. The zero-order valence-corrected chi connectivity index (χ0v) is 16.8. The Hall–Kier alpha value is -0.770. The number of hydrazine groups is 2. The molecular weight excluding hydrogens is 296 g/mol. The molecule has 24 heavy (non-hydrogen) atoms. The Kier molecular flexibility index (Phi) is 11.1. The van der Waals surface area contributed by atoms with Crippen molar-refractivity contribution < 1.29 is 0 Å². The quantitative estimate of drug-likeness (QED) is 0.380. The number of nitrogens with one attached hydrogen (secondary N) is 1. The van der Waals surface area contributed by atoms with Crippen LogP contribution in [0.3, 0.4) is 0 Å². The van der Waals surface area contributed by atoms with E-state index in [0.717, 1.165) is 6.42 Å². The summed E-state index contributed by atoms with van der Waals surface area (Å²) in [6.45, 7) is 6.92. The number of rotatable bonds is 15. The Labute approximate surface area is 151 Å². The molecule has 1 N–H and O–H groups in total. The van der Waals surface area contributed by atoms with Crippen LogP contribution in [-0.2, 0) is 0 Å². The molecule has 0 radical (unpaired) electrons. The summed E-state index contributed by atoms with van der Waals surface area (Å²) >= 11 is 0. The van der Waals surface area contributed by atoms with E-state index in [4.69, 9.17) is 0 Å². The van der Waals surface area contributed by atoms with Gasteiger partial charge < -0.3 is 0 Å². The highest BCUT2D eigenvalue weighted by Crippen LogP contribution is 2.27. The fourth-order valence-electron chi connectivity index (χ4n) is 3.59. The summed E-state index contributed by atoms with van der Waals surface area (Å²) < 4.78 is 0. The summed E-state index contributed by atoms with van der Waals surface area (Å²) in [6, 6.07) is 0. The van der Waals surface area contributed by atoms with Crippen molar-refractivity contribution in [1.29, 1.82) is 0 Å². The highest BCUT2D eigenvalue weighted by molar-refractivity contribution is 5.56. The van der Waals surface area contributed by atoms with Crippen LogP contribution in [0.4, 0.5) is 0 Å². The molecule has 1 unspecified atom stereocenters. The lowest BCUT2D eigenvalue weighted by Crippen LogP contribution is -2.53. The van der Waals surface area contributed by atoms with Gasteiger partial charge in [0.05, 0.1) is 5.54 Å². The smallest absolute Gasteiger partial charge is 0.129 e. The molecule has 0 aromatic carbocycles. The van der Waals surface area contributed by atoms with E-state index in [0.29, 0.717) is 0 Å². The van der Waals surface area contributed by atoms with Gasteiger partial charge >= 0.3 is 0 Å². The lowest BCUT2D eigenvalue weighted by molar-refractivity contribution is -0.0393. The molecular formula is C20H42N4. The van der Waals surface area contributed by atoms with E-state index in [1.54, 1.807) is 0 Å². The van der Waals surface area contributed by atoms with Gasteiger partial charge in [-0.25, -0.2) is 5.53 Å². The maximum Gasteiger partial charge on any atom is 0.129 e. The van der Waals surface area contributed by atoms with Crippen molar-refractivity contribution in [3.8, 4) is 0 Å². The number of hydrogen-bond donors (Lipinski definition) is 1. The van der Waals surface area contributed by atoms with Crippen molar-refractivity contribution in [2.24, 2.45) is 5.10 Å². The van der Waals surface area contributed by atoms with Crippen molar-refractivity contribution in [2.45, 2.75) is 116 Å². The average Bonchev–Trinajstić information content (AvgIpc) is 3.02. The molecule has 1 aliphatic rings. The number of unbranched alkanes of at least 4 members (excludes halogenated alkanes) is 11. The molecule has 1 aliphatic heterocycles. The highest BCUT2D eigenvalue weighted by Gasteiger charge is 2.32. The summed E-state index contributed by atoms with van der Waals surface area (Å²) in [5.41, 5.74) is 3.17. The lowest BCUT2D eigenvalue weighted by atomic mass is 9.90. The van der Waals surface area contributed by atoms with Gasteiger partial charge in [-0.1, -0.05) is 90.9 Å². The van der Waals surface area contributed by atoms with Crippen LogP contribution in [0.1, 0.15) is 111 Å². The van der Waals surface area contributed by atoms with Crippen molar-refractivity contribution >= 4 is 6.34 Å². The standard InChI is InChI=1S/C20H42N4/c1-5-7-8-9-10-11-12-13-14-15-16-17-18-20(3,6-2)24-19-21-22-23(24)4/h19,22H,5-18H2,1-4H3. The van der Waals surface area contributed by atoms with E-state index < -0.39 is 0 Å². The summed E-state index contributed by atoms with van der Waals surface area (Å²) in [5, 5.41) is 8.38. The Morgan fingerprint density at radius 1 is 0.833 bits per heavy atom. The third-order valence-electron chi connectivity index (χ3n) is 5.58. The highest BCUT2D eigenvalue weighted by atomic mass is 15.9. The lowest BCUT2D eigenvalue weighted by Gasteiger charge is -2.40. The SMILES string of the molecule is CCCCCCCCCCCCCCC(C)(CC)N1C=NNN1C. The van der Waals surface area contributed by atoms with Crippen LogP contribution in [-0.4, -0.2) is 29.1 Å². The number of nitrogens with zero attached hydrogens (tertiary/aromatic N) is 3. The van der Waals surface area contributed by atoms with E-state index in [1.807, 2.05) is 18.5 Å². The molecule has 4 nitrogen and oxygen atoms in total. The van der Waals surface area contributed by atoms with Crippen LogP contribution < -0.4 is 5.53 Å². The fraction of sp³-hybridized carbons (Fsp3) is 0.950. The van der Waals surface area contributed by atoms with Gasteiger partial charge in [-0.15, -0.1) is 5.12 Å². The second-order valence-corrected chi connectivity index (χ2v) is 7.70. The second kappa shape index (κ2) is 12.6. The van der Waals surface area contributed by atoms with Gasteiger partial charge in [-0.2, -0.15) is 5.10 Å². The molecule has 0 bridgehead atoms. The van der Waals surface area contributed by atoms with Crippen molar-refractivity contribution in [3.05, 3.63) is 0 Å². The van der Waals surface area contributed by atoms with Gasteiger partial charge in [0.25, 0.3) is 0 Å². The zero-order valence-electron chi connectivity index (χ0n) is 16.8. The van der Waals surface area contributed by atoms with Gasteiger partial charge in [0, 0.05) is 7.05 Å². The van der Waals surface area contributed by atoms with Crippen LogP contribution in [0, 0.1) is 0 Å². The maximum absolute atomic E-state index is 4.15. The molecule has 1 heterocycles. The molecule has 0 fully saturated rings. The van der Waals surface area contributed by atoms with Crippen molar-refractivity contribution in [3.63, 3.8) is 0 Å². The van der Waals surface area contributed by atoms with E-state index in [2.05, 4.69) is 36.4 Å². The first-order valence-corrected chi connectivity index (χ1v) is 10.5. The molecule has 0 saturated heterocycles. The summed E-state index contributed by atoms with van der Waals surface area (Å²) in [4.78, 5) is 0. The van der Waals surface area contributed by atoms with E-state index in [1.165, 1.54) is 83.5 Å². The normalized spacial score (nSPS) is 17.2. The first-order valence-electron chi connectivity index (χ1n) is 10.5. The van der Waals surface area contributed by atoms with Gasteiger partial charge in [0.15, 0.2) is 0 Å². The molecule has 1 rings (SSSR count). The third kappa shape index (κ3) is 7.87. The molecule has 142 valence electrons. The largest absolute Gasteiger partial charge is 0.269 e. The minimum atomic E-state index is 0.181. The van der Waals surface area contributed by atoms with E-state index in [-0.39, 0.29) is 5.54 Å². The zero-order chi connectivity index (χ0) is 17.7. The summed E-state index contributed by atoms with van der Waals surface area (Å²) in [7, 11) is 2.03. The van der Waals surface area contributed by atoms with Crippen LogP contribution in [0.2, 0.25) is 0 Å². The van der Waals surface area contributed by atoms with Crippen LogP contribution in [0.15, 0.2) is 5.10 Å². The molecule has 0 saturated carbocycles. The minimum absolute atomic E-state index is 0.181. The van der Waals surface area contributed by atoms with Crippen LogP contribution in [0.5, 0.6) is 0 Å². The fourth-order valence-corrected chi connectivity index (χ4v) is 3.59. The molecule has 0 spiro atoms. The first kappa shape index (κ1) is 21.3. The third-order valence-corrected chi connectivity index (χ3v) is 5.58. The van der Waals surface area contributed by atoms with Gasteiger partial charge in [-0.05, 0) is 19.8 Å². The first-order chi connectivity index (χ1) is 11.6. The summed E-state index contributed by atoms with van der Waals surface area (Å²) in [5.74, 6) is 0. The van der Waals surface area contributed by atoms with Crippen LogP contribution in [0.25, 0.3) is 0 Å². The molecule has 4 heteroatoms. The Balaban J connectivity index is 1.98. The monoisotopic (exact) mass is 338 g/mol. The van der Waals surface area contributed by atoms with E-state index in [9.17, 15) is 0 Å². The van der Waals surface area contributed by atoms with E-state index >= 15 is 0 Å². The number of hydrogen-bond acceptors (Lipinski definition) is 4. The molecule has 0 aliphatic carbocycles. The topological polar surface area (TPSA) is 30.9 Å². The molecule has 0 aromatic rings. The minimum Gasteiger partial charge on any atom is -0.269 e. The van der Waals surface area contributed by atoms with Crippen molar-refractivity contribution in [1.82, 2.24) is 15.7 Å². The average molecular weight is 339 g/mol. The maximum atomic E-state index is 4.15. The predicted octanol–water partition coefficient (Wildman–Crippen LogP) is 5.86. The van der Waals surface area contributed by atoms with Gasteiger partial charge in [0.2, 0.25) is 0 Å². The van der Waals surface area contributed by atoms with Gasteiger partial charge in [0.1, 0.15) is 6.34 Å². The number of hydrazone groups is 1. The molecule has 0 aromatic heterocycles. The Morgan fingerprint density at radius 3 is 1.75 bits per heavy atom. The Bertz CT molecular complexity index is 332. The summed E-state index contributed by atoms with van der Waals surface area (Å²) in [6.07, 6.45) is 21.3. The van der Waals surface area contributed by atoms with Crippen LogP contribution >= 0.6 is 0 Å². The van der Waals surface area contributed by atoms with Crippen molar-refractivity contribution in [2.75, 3.05) is 7.05 Å². The molecule has 1 atom stereocenters. The molecule has 0 amide bonds. The van der Waals surface area contributed by atoms with Gasteiger partial charge in [-0.3, -0.25) is 5.01 Å². The predicted molar refractivity (Wildman–Crippen MR) is 106 cm³/mol.